The number of hydrogen-bond donors (Lipinski definition) is 1. The van der Waals surface area contributed by atoms with E-state index in [0.717, 1.165) is 29.8 Å². The van der Waals surface area contributed by atoms with Gasteiger partial charge >= 0.3 is 0 Å². The molecule has 96 valence electrons. The third kappa shape index (κ3) is 2.48. The van der Waals surface area contributed by atoms with Gasteiger partial charge in [-0.05, 0) is 36.4 Å². The normalized spacial score (nSPS) is 11.0. The minimum atomic E-state index is 0.637. The predicted molar refractivity (Wildman–Crippen MR) is 74.6 cm³/mol. The van der Waals surface area contributed by atoms with E-state index < -0.39 is 0 Å². The number of hydrogen-bond acceptors (Lipinski definition) is 4. The largest absolute Gasteiger partial charge is 0.436 e. The molecule has 4 nitrogen and oxygen atoms in total. The molecule has 0 radical (unpaired) electrons. The Morgan fingerprint density at radius 1 is 1.16 bits per heavy atom. The van der Waals surface area contributed by atoms with Crippen molar-refractivity contribution >= 4 is 11.1 Å². The molecule has 0 unspecified atom stereocenters. The van der Waals surface area contributed by atoms with Crippen molar-refractivity contribution < 1.29 is 4.42 Å². The molecule has 0 saturated carbocycles. The molecule has 3 aromatic rings. The zero-order chi connectivity index (χ0) is 13.1. The molecular weight excluding hydrogens is 238 g/mol. The molecule has 0 aliphatic carbocycles. The van der Waals surface area contributed by atoms with Crippen LogP contribution in [0.1, 0.15) is 12.5 Å². The molecule has 0 fully saturated rings. The lowest BCUT2D eigenvalue weighted by atomic mass is 10.2. The summed E-state index contributed by atoms with van der Waals surface area (Å²) in [4.78, 5) is 8.52. The Morgan fingerprint density at radius 2 is 2.00 bits per heavy atom. The van der Waals surface area contributed by atoms with Crippen LogP contribution in [0, 0.1) is 0 Å². The van der Waals surface area contributed by atoms with Crippen molar-refractivity contribution in [3.8, 4) is 11.5 Å². The van der Waals surface area contributed by atoms with Crippen molar-refractivity contribution in [3.63, 3.8) is 0 Å². The molecule has 2 aromatic heterocycles. The SMILES string of the molecule is CCNCc1ccc2oc(-c3ccncc3)nc2c1. The Kier molecular flexibility index (Phi) is 3.25. The van der Waals surface area contributed by atoms with Crippen LogP contribution in [0.15, 0.2) is 47.1 Å². The Labute approximate surface area is 111 Å². The molecule has 4 heteroatoms. The van der Waals surface area contributed by atoms with E-state index in [4.69, 9.17) is 4.42 Å². The average molecular weight is 253 g/mol. The van der Waals surface area contributed by atoms with Gasteiger partial charge in [-0.3, -0.25) is 4.98 Å². The first-order chi connectivity index (χ1) is 9.36. The Hall–Kier alpha value is -2.20. The quantitative estimate of drug-likeness (QED) is 0.776. The van der Waals surface area contributed by atoms with E-state index in [0.29, 0.717) is 5.89 Å². The molecule has 0 amide bonds. The lowest BCUT2D eigenvalue weighted by molar-refractivity contribution is 0.619. The van der Waals surface area contributed by atoms with Gasteiger partial charge in [-0.25, -0.2) is 4.98 Å². The molecule has 0 aliphatic rings. The highest BCUT2D eigenvalue weighted by Crippen LogP contribution is 2.24. The summed E-state index contributed by atoms with van der Waals surface area (Å²) in [6.07, 6.45) is 3.47. The smallest absolute Gasteiger partial charge is 0.227 e. The maximum atomic E-state index is 5.75. The highest BCUT2D eigenvalue weighted by Gasteiger charge is 2.08. The maximum Gasteiger partial charge on any atom is 0.227 e. The number of pyridine rings is 1. The van der Waals surface area contributed by atoms with Crippen LogP contribution in [0.4, 0.5) is 0 Å². The second kappa shape index (κ2) is 5.20. The number of aromatic nitrogens is 2. The summed E-state index contributed by atoms with van der Waals surface area (Å²) in [5, 5.41) is 3.30. The van der Waals surface area contributed by atoms with Gasteiger partial charge in [0.15, 0.2) is 5.58 Å². The van der Waals surface area contributed by atoms with E-state index >= 15 is 0 Å². The average Bonchev–Trinajstić information content (AvgIpc) is 2.89. The van der Waals surface area contributed by atoms with Crippen LogP contribution in [-0.4, -0.2) is 16.5 Å². The van der Waals surface area contributed by atoms with Crippen molar-refractivity contribution in [1.82, 2.24) is 15.3 Å². The van der Waals surface area contributed by atoms with Crippen molar-refractivity contribution in [1.29, 1.82) is 0 Å². The zero-order valence-electron chi connectivity index (χ0n) is 10.8. The van der Waals surface area contributed by atoms with Gasteiger partial charge in [-0.1, -0.05) is 13.0 Å². The molecule has 3 rings (SSSR count). The van der Waals surface area contributed by atoms with Crippen molar-refractivity contribution in [2.75, 3.05) is 6.54 Å². The van der Waals surface area contributed by atoms with E-state index in [1.54, 1.807) is 12.4 Å². The maximum absolute atomic E-state index is 5.75. The van der Waals surface area contributed by atoms with Crippen LogP contribution in [0.2, 0.25) is 0 Å². The second-order valence-electron chi connectivity index (χ2n) is 4.34. The summed E-state index contributed by atoms with van der Waals surface area (Å²) in [7, 11) is 0. The summed E-state index contributed by atoms with van der Waals surface area (Å²) < 4.78 is 5.75. The lowest BCUT2D eigenvalue weighted by Crippen LogP contribution is -2.11. The van der Waals surface area contributed by atoms with Crippen LogP contribution in [-0.2, 0) is 6.54 Å². The minimum Gasteiger partial charge on any atom is -0.436 e. The molecule has 19 heavy (non-hydrogen) atoms. The summed E-state index contributed by atoms with van der Waals surface area (Å²) in [5.74, 6) is 0.637. The molecule has 1 aromatic carbocycles. The van der Waals surface area contributed by atoms with Gasteiger partial charge in [-0.15, -0.1) is 0 Å². The fourth-order valence-corrected chi connectivity index (χ4v) is 1.97. The van der Waals surface area contributed by atoms with Gasteiger partial charge in [0.05, 0.1) is 0 Å². The second-order valence-corrected chi connectivity index (χ2v) is 4.34. The molecule has 0 bridgehead atoms. The van der Waals surface area contributed by atoms with Gasteiger partial charge in [0, 0.05) is 24.5 Å². The first kappa shape index (κ1) is 11.9. The third-order valence-corrected chi connectivity index (χ3v) is 2.96. The number of rotatable bonds is 4. The molecule has 0 aliphatic heterocycles. The highest BCUT2D eigenvalue weighted by atomic mass is 16.3. The van der Waals surface area contributed by atoms with Crippen molar-refractivity contribution in [2.45, 2.75) is 13.5 Å². The standard InChI is InChI=1S/C15H15N3O/c1-2-16-10-11-3-4-14-13(9-11)18-15(19-14)12-5-7-17-8-6-12/h3-9,16H,2,10H2,1H3. The first-order valence-electron chi connectivity index (χ1n) is 6.37. The Bertz CT molecular complexity index is 676. The van der Waals surface area contributed by atoms with E-state index in [1.165, 1.54) is 5.56 Å². The predicted octanol–water partition coefficient (Wildman–Crippen LogP) is 3.00. The van der Waals surface area contributed by atoms with Gasteiger partial charge in [-0.2, -0.15) is 0 Å². The fourth-order valence-electron chi connectivity index (χ4n) is 1.97. The number of nitrogens with zero attached hydrogens (tertiary/aromatic N) is 2. The van der Waals surface area contributed by atoms with Crippen LogP contribution in [0.3, 0.4) is 0 Å². The minimum absolute atomic E-state index is 0.637. The fraction of sp³-hybridized carbons (Fsp3) is 0.200. The molecule has 0 saturated heterocycles. The molecule has 0 atom stereocenters. The number of fused-ring (bicyclic) bond motifs is 1. The molecule has 1 N–H and O–H groups in total. The molecular formula is C15H15N3O. The van der Waals surface area contributed by atoms with E-state index in [-0.39, 0.29) is 0 Å². The van der Waals surface area contributed by atoms with E-state index in [2.05, 4.69) is 34.3 Å². The van der Waals surface area contributed by atoms with Crippen LogP contribution in [0.25, 0.3) is 22.6 Å². The number of benzene rings is 1. The van der Waals surface area contributed by atoms with E-state index in [9.17, 15) is 0 Å². The topological polar surface area (TPSA) is 51.0 Å². The molecule has 2 heterocycles. The first-order valence-corrected chi connectivity index (χ1v) is 6.37. The van der Waals surface area contributed by atoms with Gasteiger partial charge in [0.1, 0.15) is 5.52 Å². The zero-order valence-corrected chi connectivity index (χ0v) is 10.8. The highest BCUT2D eigenvalue weighted by molar-refractivity contribution is 5.76. The summed E-state index contributed by atoms with van der Waals surface area (Å²) in [6, 6.07) is 9.88. The van der Waals surface area contributed by atoms with Crippen LogP contribution < -0.4 is 5.32 Å². The number of oxazole rings is 1. The van der Waals surface area contributed by atoms with Gasteiger partial charge in [0.25, 0.3) is 0 Å². The van der Waals surface area contributed by atoms with Crippen LogP contribution >= 0.6 is 0 Å². The van der Waals surface area contributed by atoms with E-state index in [1.807, 2.05) is 18.2 Å². The summed E-state index contributed by atoms with van der Waals surface area (Å²) in [6.45, 7) is 3.90. The summed E-state index contributed by atoms with van der Waals surface area (Å²) in [5.41, 5.74) is 3.86. The number of nitrogens with one attached hydrogen (secondary N) is 1. The van der Waals surface area contributed by atoms with Gasteiger partial charge in [0.2, 0.25) is 5.89 Å². The third-order valence-electron chi connectivity index (χ3n) is 2.96. The van der Waals surface area contributed by atoms with Gasteiger partial charge < -0.3 is 9.73 Å². The Balaban J connectivity index is 1.97. The van der Waals surface area contributed by atoms with Crippen molar-refractivity contribution in [2.24, 2.45) is 0 Å². The lowest BCUT2D eigenvalue weighted by Gasteiger charge is -2.00. The molecule has 0 spiro atoms. The van der Waals surface area contributed by atoms with Crippen LogP contribution in [0.5, 0.6) is 0 Å². The van der Waals surface area contributed by atoms with Crippen molar-refractivity contribution in [3.05, 3.63) is 48.3 Å². The monoisotopic (exact) mass is 253 g/mol. The summed E-state index contributed by atoms with van der Waals surface area (Å²) >= 11 is 0. The Morgan fingerprint density at radius 3 is 2.79 bits per heavy atom.